The van der Waals surface area contributed by atoms with Crippen molar-refractivity contribution in [1.29, 1.82) is 0 Å². The molecular formula is C35H44O9. The van der Waals surface area contributed by atoms with Gasteiger partial charge in [0, 0.05) is 36.5 Å². The van der Waals surface area contributed by atoms with E-state index in [-0.39, 0.29) is 44.4 Å². The number of ether oxygens (including phenoxy) is 3. The molecule has 1 aromatic carbocycles. The molecule has 2 fully saturated rings. The maximum atomic E-state index is 13.5. The third-order valence-electron chi connectivity index (χ3n) is 10.9. The highest BCUT2D eigenvalue weighted by molar-refractivity contribution is 6.04. The van der Waals surface area contributed by atoms with Gasteiger partial charge in [0.2, 0.25) is 0 Å². The van der Waals surface area contributed by atoms with E-state index in [4.69, 9.17) is 14.2 Å². The van der Waals surface area contributed by atoms with E-state index in [1.807, 2.05) is 51.1 Å². The lowest BCUT2D eigenvalue weighted by Crippen LogP contribution is -2.61. The Labute approximate surface area is 258 Å². The van der Waals surface area contributed by atoms with Crippen molar-refractivity contribution < 1.29 is 43.6 Å². The van der Waals surface area contributed by atoms with Gasteiger partial charge < -0.3 is 24.4 Å². The first-order valence-corrected chi connectivity index (χ1v) is 15.6. The average Bonchev–Trinajstić information content (AvgIpc) is 3.42. The Kier molecular flexibility index (Phi) is 8.21. The predicted octanol–water partition coefficient (Wildman–Crippen LogP) is 3.89. The van der Waals surface area contributed by atoms with Crippen LogP contribution in [0.3, 0.4) is 0 Å². The van der Waals surface area contributed by atoms with E-state index in [0.717, 1.165) is 5.56 Å². The zero-order chi connectivity index (χ0) is 32.2. The summed E-state index contributed by atoms with van der Waals surface area (Å²) in [5, 5.41) is 24.7. The fourth-order valence-corrected chi connectivity index (χ4v) is 8.34. The third-order valence-corrected chi connectivity index (χ3v) is 10.9. The average molecular weight is 609 g/mol. The second kappa shape index (κ2) is 11.2. The normalized spacial score (nSPS) is 37.7. The standard InChI is InChI=1S/C35H44O9/c1-7-20(2)31(39)43-19-32(6)29-26-14-25(18-42-23(5)36)17-33(40)27(13-21(3)30(33)38)35(26,41)22(4)16-34(29,32)44-28(37)15-24-11-9-8-10-12-24/h8-14,20,22,26-27,29,40-41H,7,15-19H2,1-6H3/t20-,22-,26+,27-,29-,32-,33-,34+,35-/m1/s1. The molecule has 4 aliphatic rings. The zero-order valence-corrected chi connectivity index (χ0v) is 26.4. The minimum atomic E-state index is -1.92. The van der Waals surface area contributed by atoms with Crippen LogP contribution in [0, 0.1) is 35.0 Å². The Morgan fingerprint density at radius 2 is 1.77 bits per heavy atom. The van der Waals surface area contributed by atoms with Crippen LogP contribution in [-0.4, -0.2) is 63.9 Å². The quantitative estimate of drug-likeness (QED) is 0.243. The minimum absolute atomic E-state index is 0.0331. The highest BCUT2D eigenvalue weighted by Gasteiger charge is 2.85. The van der Waals surface area contributed by atoms with E-state index in [9.17, 15) is 29.4 Å². The molecule has 9 nitrogen and oxygen atoms in total. The van der Waals surface area contributed by atoms with Crippen LogP contribution in [0.5, 0.6) is 0 Å². The molecule has 2 saturated carbocycles. The Morgan fingerprint density at radius 3 is 2.41 bits per heavy atom. The third kappa shape index (κ3) is 4.92. The molecule has 0 spiro atoms. The summed E-state index contributed by atoms with van der Waals surface area (Å²) in [6.07, 6.45) is 4.24. The summed E-state index contributed by atoms with van der Waals surface area (Å²) in [5.74, 6) is -4.81. The van der Waals surface area contributed by atoms with Crippen LogP contribution in [0.4, 0.5) is 0 Å². The van der Waals surface area contributed by atoms with Crippen LogP contribution < -0.4 is 0 Å². The minimum Gasteiger partial charge on any atom is -0.465 e. The van der Waals surface area contributed by atoms with Crippen molar-refractivity contribution in [2.24, 2.45) is 35.0 Å². The van der Waals surface area contributed by atoms with E-state index < -0.39 is 63.6 Å². The zero-order valence-electron chi connectivity index (χ0n) is 26.4. The summed E-state index contributed by atoms with van der Waals surface area (Å²) >= 11 is 0. The van der Waals surface area contributed by atoms with Gasteiger partial charge in [0.05, 0.1) is 17.9 Å². The number of carbonyl (C=O) groups excluding carboxylic acids is 4. The van der Waals surface area contributed by atoms with Gasteiger partial charge in [-0.15, -0.1) is 0 Å². The maximum Gasteiger partial charge on any atom is 0.310 e. The van der Waals surface area contributed by atoms with Crippen LogP contribution in [0.1, 0.15) is 66.4 Å². The molecule has 9 atom stereocenters. The molecule has 0 radical (unpaired) electrons. The number of carbonyl (C=O) groups is 4. The molecule has 0 unspecified atom stereocenters. The number of hydrogen-bond donors (Lipinski definition) is 2. The number of hydrogen-bond acceptors (Lipinski definition) is 9. The first kappa shape index (κ1) is 32.1. The Balaban J connectivity index is 1.59. The van der Waals surface area contributed by atoms with Crippen LogP contribution >= 0.6 is 0 Å². The van der Waals surface area contributed by atoms with Gasteiger partial charge in [0.15, 0.2) is 5.78 Å². The van der Waals surface area contributed by atoms with Crippen LogP contribution in [0.2, 0.25) is 0 Å². The fourth-order valence-electron chi connectivity index (χ4n) is 8.34. The SMILES string of the molecule is CC[C@@H](C)C(=O)OC[C@]1(C)[C@H]2[C@@H]3C=C(COC(C)=O)C[C@]4(O)C(=O)C(C)=C[C@H]4[C@@]3(O)[C@H](C)C[C@]21OC(=O)Cc1ccccc1. The van der Waals surface area contributed by atoms with Crippen LogP contribution in [0.25, 0.3) is 0 Å². The van der Waals surface area contributed by atoms with Gasteiger partial charge in [-0.2, -0.15) is 0 Å². The fraction of sp³-hybridized carbons (Fsp3) is 0.600. The molecule has 0 heterocycles. The highest BCUT2D eigenvalue weighted by Crippen LogP contribution is 2.76. The Bertz CT molecular complexity index is 1410. The summed E-state index contributed by atoms with van der Waals surface area (Å²) in [4.78, 5) is 51.5. The van der Waals surface area contributed by atoms with E-state index in [1.54, 1.807) is 26.0 Å². The Hall–Kier alpha value is -3.30. The molecule has 0 aliphatic heterocycles. The molecule has 0 saturated heterocycles. The lowest BCUT2D eigenvalue weighted by atomic mass is 9.60. The second-order valence-corrected chi connectivity index (χ2v) is 13.7. The van der Waals surface area contributed by atoms with Crippen molar-refractivity contribution in [1.82, 2.24) is 0 Å². The van der Waals surface area contributed by atoms with Gasteiger partial charge >= 0.3 is 17.9 Å². The number of ketones is 1. The lowest BCUT2D eigenvalue weighted by Gasteiger charge is -2.50. The monoisotopic (exact) mass is 608 g/mol. The topological polar surface area (TPSA) is 136 Å². The van der Waals surface area contributed by atoms with E-state index >= 15 is 0 Å². The summed E-state index contributed by atoms with van der Waals surface area (Å²) in [7, 11) is 0. The second-order valence-electron chi connectivity index (χ2n) is 13.7. The summed E-state index contributed by atoms with van der Waals surface area (Å²) in [6, 6.07) is 9.26. The number of aliphatic hydroxyl groups is 2. The van der Waals surface area contributed by atoms with Crippen molar-refractivity contribution in [3.63, 3.8) is 0 Å². The van der Waals surface area contributed by atoms with Crippen LogP contribution in [-0.2, 0) is 39.8 Å². The van der Waals surface area contributed by atoms with Crippen molar-refractivity contribution >= 4 is 23.7 Å². The number of benzene rings is 1. The molecule has 1 aromatic rings. The number of Topliss-reactive ketones (excluding diaryl/α,β-unsaturated/α-hetero) is 1. The van der Waals surface area contributed by atoms with E-state index in [2.05, 4.69) is 0 Å². The van der Waals surface area contributed by atoms with Crippen LogP contribution in [0.15, 0.2) is 53.6 Å². The van der Waals surface area contributed by atoms with Gasteiger partial charge in [-0.1, -0.05) is 70.2 Å². The van der Waals surface area contributed by atoms with Gasteiger partial charge in [-0.05, 0) is 42.4 Å². The van der Waals surface area contributed by atoms with Gasteiger partial charge in [0.25, 0.3) is 0 Å². The number of esters is 3. The first-order valence-electron chi connectivity index (χ1n) is 15.6. The van der Waals surface area contributed by atoms with Gasteiger partial charge in [0.1, 0.15) is 24.4 Å². The molecule has 0 aromatic heterocycles. The molecular weight excluding hydrogens is 564 g/mol. The molecule has 44 heavy (non-hydrogen) atoms. The molecule has 9 heteroatoms. The first-order chi connectivity index (χ1) is 20.6. The Morgan fingerprint density at radius 1 is 1.09 bits per heavy atom. The molecule has 2 N–H and O–H groups in total. The van der Waals surface area contributed by atoms with Crippen molar-refractivity contribution in [2.75, 3.05) is 13.2 Å². The highest BCUT2D eigenvalue weighted by atomic mass is 16.6. The predicted molar refractivity (Wildman–Crippen MR) is 160 cm³/mol. The van der Waals surface area contributed by atoms with E-state index in [0.29, 0.717) is 17.6 Å². The maximum absolute atomic E-state index is 13.5. The molecule has 4 aliphatic carbocycles. The number of fused-ring (bicyclic) bond motifs is 5. The van der Waals surface area contributed by atoms with Crippen molar-refractivity contribution in [2.45, 2.75) is 84.0 Å². The van der Waals surface area contributed by atoms with Gasteiger partial charge in [-0.3, -0.25) is 19.2 Å². The summed E-state index contributed by atoms with van der Waals surface area (Å²) in [6.45, 7) is 10.2. The summed E-state index contributed by atoms with van der Waals surface area (Å²) in [5.41, 5.74) is -3.85. The molecule has 238 valence electrons. The number of rotatable bonds is 9. The largest absolute Gasteiger partial charge is 0.465 e. The lowest BCUT2D eigenvalue weighted by molar-refractivity contribution is -0.187. The molecule has 0 amide bonds. The smallest absolute Gasteiger partial charge is 0.310 e. The van der Waals surface area contributed by atoms with Crippen molar-refractivity contribution in [3.05, 3.63) is 59.2 Å². The van der Waals surface area contributed by atoms with E-state index in [1.165, 1.54) is 6.92 Å². The molecule has 0 bridgehead atoms. The van der Waals surface area contributed by atoms with Gasteiger partial charge in [-0.25, -0.2) is 0 Å². The molecule has 5 rings (SSSR count). The summed E-state index contributed by atoms with van der Waals surface area (Å²) < 4.78 is 17.6. The van der Waals surface area contributed by atoms with Crippen molar-refractivity contribution in [3.8, 4) is 0 Å².